The number of carbonyl (C=O) groups is 2. The van der Waals surface area contributed by atoms with Gasteiger partial charge in [-0.05, 0) is 55.0 Å². The Kier molecular flexibility index (Phi) is 9.70. The number of thioether (sulfide) groups is 1. The first-order chi connectivity index (χ1) is 21.4. The summed E-state index contributed by atoms with van der Waals surface area (Å²) < 4.78 is 5.42. The fourth-order valence-corrected chi connectivity index (χ4v) is 6.26. The number of hydrogen-bond donors (Lipinski definition) is 2. The maximum Gasteiger partial charge on any atom is 0.254 e. The summed E-state index contributed by atoms with van der Waals surface area (Å²) in [6, 6.07) is 35.4. The second kappa shape index (κ2) is 14.0. The summed E-state index contributed by atoms with van der Waals surface area (Å²) in [4.78, 5) is 29.3. The summed E-state index contributed by atoms with van der Waals surface area (Å²) in [7, 11) is 1.53. The van der Waals surface area contributed by atoms with Crippen LogP contribution in [0.4, 0.5) is 17.1 Å². The third-order valence-electron chi connectivity index (χ3n) is 7.08. The molecule has 0 spiro atoms. The lowest BCUT2D eigenvalue weighted by Crippen LogP contribution is -2.32. The number of nitrogens with one attached hydrogen (secondary N) is 2. The van der Waals surface area contributed by atoms with Crippen molar-refractivity contribution in [2.75, 3.05) is 23.1 Å². The minimum atomic E-state index is -0.776. The van der Waals surface area contributed by atoms with E-state index in [4.69, 9.17) is 16.3 Å². The smallest absolute Gasteiger partial charge is 0.254 e. The van der Waals surface area contributed by atoms with Crippen LogP contribution < -0.4 is 20.3 Å². The molecule has 7 nitrogen and oxygen atoms in total. The predicted octanol–water partition coefficient (Wildman–Crippen LogP) is 7.78. The Morgan fingerprint density at radius 2 is 1.52 bits per heavy atom. The molecule has 0 unspecified atom stereocenters. The Hall–Kier alpha value is -4.97. The monoisotopic (exact) mass is 620 g/mol. The van der Waals surface area contributed by atoms with Crippen LogP contribution in [0.15, 0.2) is 131 Å². The van der Waals surface area contributed by atoms with Crippen LogP contribution in [-0.4, -0.2) is 24.7 Å². The molecule has 0 radical (unpaired) electrons. The van der Waals surface area contributed by atoms with Gasteiger partial charge in [-0.15, -0.1) is 0 Å². The lowest BCUT2D eigenvalue weighted by Gasteiger charge is -2.30. The first kappa shape index (κ1) is 30.5. The molecule has 0 aromatic heterocycles. The number of amides is 2. The van der Waals surface area contributed by atoms with E-state index >= 15 is 0 Å². The van der Waals surface area contributed by atoms with E-state index in [1.165, 1.54) is 18.9 Å². The van der Waals surface area contributed by atoms with Crippen molar-refractivity contribution in [2.24, 2.45) is 0 Å². The van der Waals surface area contributed by atoms with Gasteiger partial charge in [0.2, 0.25) is 5.91 Å². The van der Waals surface area contributed by atoms with Gasteiger partial charge in [0.05, 0.1) is 41.1 Å². The summed E-state index contributed by atoms with van der Waals surface area (Å²) in [6.07, 6.45) is 0. The second-order valence-corrected chi connectivity index (χ2v) is 11.2. The standard InChI is InChI=1S/C35H29ClN4O3S/c1-23-32(34(42)39-29-19-11-12-20-30(29)43-2)33(26-17-9-10-18-28(26)36)27(21-37)35(38-23)44-22-31(41)40(24-13-5-3-6-14-24)25-15-7-4-8-16-25/h3-20,33,38H,22H2,1-2H3,(H,39,42)/t33-/m1/s1. The van der Waals surface area contributed by atoms with Crippen LogP contribution in [0.5, 0.6) is 5.75 Å². The van der Waals surface area contributed by atoms with E-state index in [2.05, 4.69) is 16.7 Å². The van der Waals surface area contributed by atoms with E-state index in [1.807, 2.05) is 72.8 Å². The Morgan fingerprint density at radius 1 is 0.932 bits per heavy atom. The molecule has 2 amide bonds. The summed E-state index contributed by atoms with van der Waals surface area (Å²) in [6.45, 7) is 1.78. The Morgan fingerprint density at radius 3 is 2.14 bits per heavy atom. The van der Waals surface area contributed by atoms with E-state index < -0.39 is 11.8 Å². The lowest BCUT2D eigenvalue weighted by molar-refractivity contribution is -0.115. The van der Waals surface area contributed by atoms with Gasteiger partial charge in [0.1, 0.15) is 5.75 Å². The number of hydrogen-bond acceptors (Lipinski definition) is 6. The lowest BCUT2D eigenvalue weighted by atomic mass is 9.82. The molecule has 1 heterocycles. The molecule has 0 bridgehead atoms. The molecular formula is C35H29ClN4O3S. The first-order valence-electron chi connectivity index (χ1n) is 13.8. The zero-order valence-electron chi connectivity index (χ0n) is 24.1. The van der Waals surface area contributed by atoms with Crippen LogP contribution in [0.2, 0.25) is 5.02 Å². The van der Waals surface area contributed by atoms with Crippen molar-refractivity contribution in [3.8, 4) is 11.8 Å². The number of halogens is 1. The minimum absolute atomic E-state index is 0.0303. The van der Waals surface area contributed by atoms with Gasteiger partial charge in [-0.1, -0.05) is 90.1 Å². The molecule has 0 fully saturated rings. The molecule has 4 aromatic rings. The molecule has 5 rings (SSSR count). The van der Waals surface area contributed by atoms with Gasteiger partial charge in [0, 0.05) is 27.7 Å². The fourth-order valence-electron chi connectivity index (χ4n) is 5.07. The zero-order chi connectivity index (χ0) is 31.1. The van der Waals surface area contributed by atoms with E-state index in [-0.39, 0.29) is 17.2 Å². The largest absolute Gasteiger partial charge is 0.495 e. The van der Waals surface area contributed by atoms with Crippen molar-refractivity contribution >= 4 is 52.2 Å². The van der Waals surface area contributed by atoms with Gasteiger partial charge >= 0.3 is 0 Å². The van der Waals surface area contributed by atoms with Crippen molar-refractivity contribution in [3.05, 3.63) is 142 Å². The number of ether oxygens (including phenoxy) is 1. The highest BCUT2D eigenvalue weighted by Gasteiger charge is 2.36. The molecule has 44 heavy (non-hydrogen) atoms. The second-order valence-electron chi connectivity index (χ2n) is 9.82. The van der Waals surface area contributed by atoms with Crippen molar-refractivity contribution < 1.29 is 14.3 Å². The number of anilines is 3. The molecule has 4 aromatic carbocycles. The van der Waals surface area contributed by atoms with E-state index in [0.29, 0.717) is 38.3 Å². The van der Waals surface area contributed by atoms with E-state index in [9.17, 15) is 14.9 Å². The van der Waals surface area contributed by atoms with Crippen LogP contribution in [-0.2, 0) is 9.59 Å². The van der Waals surface area contributed by atoms with Gasteiger partial charge in [-0.2, -0.15) is 5.26 Å². The summed E-state index contributed by atoms with van der Waals surface area (Å²) in [5.74, 6) is -0.819. The maximum atomic E-state index is 13.9. The van der Waals surface area contributed by atoms with E-state index in [1.54, 1.807) is 48.2 Å². The molecule has 0 saturated heterocycles. The molecule has 0 aliphatic carbocycles. The summed E-state index contributed by atoms with van der Waals surface area (Å²) in [5, 5.41) is 17.6. The number of methoxy groups -OCH3 is 1. The third kappa shape index (κ3) is 6.50. The Labute approximate surface area is 265 Å². The quantitative estimate of drug-likeness (QED) is 0.198. The number of benzene rings is 4. The number of dihydropyridines is 1. The van der Waals surface area contributed by atoms with Crippen LogP contribution in [0, 0.1) is 11.3 Å². The molecule has 2 N–H and O–H groups in total. The van der Waals surface area contributed by atoms with Crippen molar-refractivity contribution in [1.82, 2.24) is 5.32 Å². The highest BCUT2D eigenvalue weighted by molar-refractivity contribution is 8.03. The van der Waals surface area contributed by atoms with Gasteiger partial charge in [-0.3, -0.25) is 14.5 Å². The van der Waals surface area contributed by atoms with Crippen molar-refractivity contribution in [1.29, 1.82) is 5.26 Å². The molecule has 1 atom stereocenters. The number of rotatable bonds is 9. The molecule has 220 valence electrons. The fraction of sp³-hybridized carbons (Fsp3) is 0.114. The topological polar surface area (TPSA) is 94.5 Å². The molecule has 0 saturated carbocycles. The third-order valence-corrected chi connectivity index (χ3v) is 8.43. The van der Waals surface area contributed by atoms with Crippen molar-refractivity contribution in [3.63, 3.8) is 0 Å². The average molecular weight is 621 g/mol. The predicted molar refractivity (Wildman–Crippen MR) is 177 cm³/mol. The molecule has 1 aliphatic heterocycles. The number of carbonyl (C=O) groups excluding carboxylic acids is 2. The van der Waals surface area contributed by atoms with Crippen molar-refractivity contribution in [2.45, 2.75) is 12.8 Å². The maximum absolute atomic E-state index is 13.9. The van der Waals surface area contributed by atoms with Gasteiger partial charge in [-0.25, -0.2) is 0 Å². The van der Waals surface area contributed by atoms with Crippen LogP contribution in [0.1, 0.15) is 18.4 Å². The molecule has 1 aliphatic rings. The summed E-state index contributed by atoms with van der Waals surface area (Å²) >= 11 is 7.88. The number of nitriles is 1. The number of nitrogens with zero attached hydrogens (tertiary/aromatic N) is 2. The number of para-hydroxylation sites is 4. The zero-order valence-corrected chi connectivity index (χ0v) is 25.7. The van der Waals surface area contributed by atoms with Gasteiger partial charge in [0.15, 0.2) is 0 Å². The average Bonchev–Trinajstić information content (AvgIpc) is 3.05. The number of allylic oxidation sites excluding steroid dienone is 2. The summed E-state index contributed by atoms with van der Waals surface area (Å²) in [5.41, 5.74) is 3.74. The first-order valence-corrected chi connectivity index (χ1v) is 15.2. The Balaban J connectivity index is 1.49. The Bertz CT molecular complexity index is 1750. The van der Waals surface area contributed by atoms with Gasteiger partial charge < -0.3 is 15.4 Å². The minimum Gasteiger partial charge on any atom is -0.495 e. The normalized spacial score (nSPS) is 14.4. The van der Waals surface area contributed by atoms with Crippen LogP contribution in [0.3, 0.4) is 0 Å². The van der Waals surface area contributed by atoms with Crippen LogP contribution in [0.25, 0.3) is 0 Å². The van der Waals surface area contributed by atoms with E-state index in [0.717, 1.165) is 11.4 Å². The highest BCUT2D eigenvalue weighted by Crippen LogP contribution is 2.43. The molecular weight excluding hydrogens is 592 g/mol. The SMILES string of the molecule is COc1ccccc1NC(=O)C1=C(C)NC(SCC(=O)N(c2ccccc2)c2ccccc2)=C(C#N)[C@H]1c1ccccc1Cl. The van der Waals surface area contributed by atoms with Crippen LogP contribution >= 0.6 is 23.4 Å². The molecule has 9 heteroatoms. The highest BCUT2D eigenvalue weighted by atomic mass is 35.5. The van der Waals surface area contributed by atoms with Gasteiger partial charge in [0.25, 0.3) is 5.91 Å².